The van der Waals surface area contributed by atoms with Crippen LogP contribution in [0.2, 0.25) is 0 Å². The fourth-order valence-corrected chi connectivity index (χ4v) is 1.87. The highest BCUT2D eigenvalue weighted by Crippen LogP contribution is 2.09. The maximum absolute atomic E-state index is 5.54. The first-order chi connectivity index (χ1) is 7.75. The summed E-state index contributed by atoms with van der Waals surface area (Å²) in [7, 11) is 0. The minimum atomic E-state index is 0.374. The Kier molecular flexibility index (Phi) is 3.43. The molecule has 0 saturated heterocycles. The van der Waals surface area contributed by atoms with Crippen LogP contribution in [0.1, 0.15) is 11.3 Å². The van der Waals surface area contributed by atoms with E-state index in [0.29, 0.717) is 11.5 Å². The lowest BCUT2D eigenvalue weighted by Gasteiger charge is -2.04. The van der Waals surface area contributed by atoms with E-state index in [4.69, 9.17) is 18.0 Å². The highest BCUT2D eigenvalue weighted by atomic mass is 32.1. The Bertz CT molecular complexity index is 481. The van der Waals surface area contributed by atoms with Crippen molar-refractivity contribution in [1.82, 2.24) is 9.97 Å². The summed E-state index contributed by atoms with van der Waals surface area (Å²) in [6.45, 7) is 0.650. The summed E-state index contributed by atoms with van der Waals surface area (Å²) >= 11 is 6.47. The van der Waals surface area contributed by atoms with Crippen molar-refractivity contribution < 1.29 is 0 Å². The zero-order chi connectivity index (χ0) is 11.4. The van der Waals surface area contributed by atoms with Crippen molar-refractivity contribution in [2.45, 2.75) is 6.54 Å². The van der Waals surface area contributed by atoms with Gasteiger partial charge in [0.15, 0.2) is 0 Å². The Labute approximate surface area is 103 Å². The summed E-state index contributed by atoms with van der Waals surface area (Å²) in [5.41, 5.74) is 9.14. The van der Waals surface area contributed by atoms with Gasteiger partial charge in [-0.1, -0.05) is 12.2 Å². The molecule has 4 nitrogen and oxygen atoms in total. The Morgan fingerprint density at radius 3 is 3.06 bits per heavy atom. The summed E-state index contributed by atoms with van der Waals surface area (Å²) in [5.74, 6) is 0.748. The Hall–Kier alpha value is -1.53. The number of thiocarbonyl (C=S) groups is 1. The molecule has 0 aliphatic heterocycles. The average Bonchev–Trinajstić information content (AvgIpc) is 2.79. The van der Waals surface area contributed by atoms with Crippen LogP contribution in [0.25, 0.3) is 0 Å². The monoisotopic (exact) mass is 250 g/mol. The maximum Gasteiger partial charge on any atom is 0.126 e. The summed E-state index contributed by atoms with van der Waals surface area (Å²) in [6, 6.07) is 3.62. The first-order valence-corrected chi connectivity index (χ1v) is 5.97. The first-order valence-electron chi connectivity index (χ1n) is 4.62. The number of hydrogen-bond donors (Lipinski definition) is 2. The van der Waals surface area contributed by atoms with E-state index < -0.39 is 0 Å². The molecule has 3 N–H and O–H groups in total. The lowest BCUT2D eigenvalue weighted by molar-refractivity contribution is 1.05. The molecule has 0 amide bonds. The van der Waals surface area contributed by atoms with Crippen LogP contribution in [-0.4, -0.2) is 15.0 Å². The molecular formula is C10H10N4S2. The van der Waals surface area contributed by atoms with Crippen molar-refractivity contribution >= 4 is 34.4 Å². The molecule has 2 rings (SSSR count). The number of pyridine rings is 1. The summed E-state index contributed by atoms with van der Waals surface area (Å²) < 4.78 is 0. The van der Waals surface area contributed by atoms with Gasteiger partial charge in [0.1, 0.15) is 10.8 Å². The third-order valence-corrected chi connectivity index (χ3v) is 2.85. The van der Waals surface area contributed by atoms with E-state index >= 15 is 0 Å². The van der Waals surface area contributed by atoms with Crippen LogP contribution < -0.4 is 11.1 Å². The lowest BCUT2D eigenvalue weighted by Crippen LogP contribution is -2.10. The molecule has 0 fully saturated rings. The zero-order valence-electron chi connectivity index (χ0n) is 8.38. The van der Waals surface area contributed by atoms with Crippen LogP contribution in [0.15, 0.2) is 29.2 Å². The van der Waals surface area contributed by atoms with Crippen molar-refractivity contribution in [3.63, 3.8) is 0 Å². The van der Waals surface area contributed by atoms with Gasteiger partial charge in [-0.15, -0.1) is 11.3 Å². The molecule has 2 aromatic rings. The van der Waals surface area contributed by atoms with Crippen molar-refractivity contribution in [3.8, 4) is 0 Å². The summed E-state index contributed by atoms with van der Waals surface area (Å²) in [5, 5.41) is 5.15. The van der Waals surface area contributed by atoms with Crippen LogP contribution in [-0.2, 0) is 6.54 Å². The molecule has 82 valence electrons. The number of aromatic nitrogens is 2. The molecule has 0 atom stereocenters. The van der Waals surface area contributed by atoms with Gasteiger partial charge in [-0.2, -0.15) is 0 Å². The smallest absolute Gasteiger partial charge is 0.126 e. The van der Waals surface area contributed by atoms with E-state index in [0.717, 1.165) is 17.1 Å². The van der Waals surface area contributed by atoms with Gasteiger partial charge in [-0.25, -0.2) is 9.97 Å². The molecule has 0 unspecified atom stereocenters. The van der Waals surface area contributed by atoms with Crippen molar-refractivity contribution in [2.24, 2.45) is 5.73 Å². The van der Waals surface area contributed by atoms with Gasteiger partial charge in [0.25, 0.3) is 0 Å². The van der Waals surface area contributed by atoms with E-state index in [9.17, 15) is 0 Å². The van der Waals surface area contributed by atoms with Crippen molar-refractivity contribution in [1.29, 1.82) is 0 Å². The average molecular weight is 250 g/mol. The van der Waals surface area contributed by atoms with Crippen molar-refractivity contribution in [3.05, 3.63) is 40.5 Å². The van der Waals surface area contributed by atoms with Crippen molar-refractivity contribution in [2.75, 3.05) is 5.32 Å². The van der Waals surface area contributed by atoms with Crippen LogP contribution >= 0.6 is 23.6 Å². The second kappa shape index (κ2) is 5.00. The molecule has 6 heteroatoms. The van der Waals surface area contributed by atoms with Gasteiger partial charge in [-0.05, 0) is 12.1 Å². The molecule has 0 radical (unpaired) electrons. The Morgan fingerprint density at radius 1 is 1.50 bits per heavy atom. The molecule has 16 heavy (non-hydrogen) atoms. The minimum Gasteiger partial charge on any atom is -0.389 e. The molecule has 0 aromatic carbocycles. The standard InChI is InChI=1S/C10H10N4S2/c11-10(15)7-1-2-12-9(3-7)13-4-8-5-16-6-14-8/h1-3,5-6H,4H2,(H2,11,15)(H,12,13). The molecule has 0 aliphatic rings. The number of nitrogens with zero attached hydrogens (tertiary/aromatic N) is 2. The number of thiazole rings is 1. The highest BCUT2D eigenvalue weighted by molar-refractivity contribution is 7.80. The maximum atomic E-state index is 5.54. The van der Waals surface area contributed by atoms with E-state index in [1.165, 1.54) is 0 Å². The van der Waals surface area contributed by atoms with Gasteiger partial charge in [0.05, 0.1) is 17.7 Å². The quantitative estimate of drug-likeness (QED) is 0.810. The number of nitrogens with two attached hydrogens (primary N) is 1. The Morgan fingerprint density at radius 2 is 2.38 bits per heavy atom. The fraction of sp³-hybridized carbons (Fsp3) is 0.100. The van der Waals surface area contributed by atoms with Gasteiger partial charge in [0.2, 0.25) is 0 Å². The molecule has 2 heterocycles. The van der Waals surface area contributed by atoms with Gasteiger partial charge >= 0.3 is 0 Å². The third kappa shape index (κ3) is 2.74. The Balaban J connectivity index is 2.04. The fourth-order valence-electron chi connectivity index (χ4n) is 1.19. The van der Waals surface area contributed by atoms with Crippen LogP contribution in [0, 0.1) is 0 Å². The molecular weight excluding hydrogens is 240 g/mol. The predicted molar refractivity (Wildman–Crippen MR) is 69.6 cm³/mol. The lowest BCUT2D eigenvalue weighted by atomic mass is 10.2. The largest absolute Gasteiger partial charge is 0.389 e. The molecule has 0 bridgehead atoms. The van der Waals surface area contributed by atoms with E-state index in [1.54, 1.807) is 29.1 Å². The van der Waals surface area contributed by atoms with Gasteiger partial charge in [-0.3, -0.25) is 0 Å². The minimum absolute atomic E-state index is 0.374. The van der Waals surface area contributed by atoms with Crippen LogP contribution in [0.4, 0.5) is 5.82 Å². The number of nitrogens with one attached hydrogen (secondary N) is 1. The zero-order valence-corrected chi connectivity index (χ0v) is 10.0. The third-order valence-electron chi connectivity index (χ3n) is 1.98. The predicted octanol–water partition coefficient (Wildman–Crippen LogP) is 1.78. The summed E-state index contributed by atoms with van der Waals surface area (Å²) in [6.07, 6.45) is 1.68. The van der Waals surface area contributed by atoms with E-state index in [2.05, 4.69) is 15.3 Å². The second-order valence-electron chi connectivity index (χ2n) is 3.13. The van der Waals surface area contributed by atoms with E-state index in [1.807, 2.05) is 11.4 Å². The number of anilines is 1. The molecule has 2 aromatic heterocycles. The molecule has 0 saturated carbocycles. The van der Waals surface area contributed by atoms with Gasteiger partial charge in [0, 0.05) is 17.1 Å². The highest BCUT2D eigenvalue weighted by Gasteiger charge is 2.00. The van der Waals surface area contributed by atoms with E-state index in [-0.39, 0.29) is 0 Å². The van der Waals surface area contributed by atoms with Crippen LogP contribution in [0.5, 0.6) is 0 Å². The first kappa shape index (κ1) is 11.0. The molecule has 0 spiro atoms. The molecule has 0 aliphatic carbocycles. The summed E-state index contributed by atoms with van der Waals surface area (Å²) in [4.78, 5) is 8.71. The SMILES string of the molecule is NC(=S)c1ccnc(NCc2cscn2)c1. The number of rotatable bonds is 4. The van der Waals surface area contributed by atoms with Crippen LogP contribution in [0.3, 0.4) is 0 Å². The topological polar surface area (TPSA) is 63.8 Å². The normalized spacial score (nSPS) is 10.0. The van der Waals surface area contributed by atoms with Gasteiger partial charge < -0.3 is 11.1 Å². The second-order valence-corrected chi connectivity index (χ2v) is 4.29. The number of hydrogen-bond acceptors (Lipinski definition) is 5.